The molecule has 0 saturated heterocycles. The van der Waals surface area contributed by atoms with E-state index in [1.54, 1.807) is 0 Å². The summed E-state index contributed by atoms with van der Waals surface area (Å²) in [6.07, 6.45) is 2.16. The Kier molecular flexibility index (Phi) is 3.72. The number of nitrogens with one attached hydrogen (secondary N) is 2. The van der Waals surface area contributed by atoms with E-state index >= 15 is 0 Å². The Morgan fingerprint density at radius 3 is 2.64 bits per heavy atom. The van der Waals surface area contributed by atoms with Crippen LogP contribution in [-0.2, 0) is 0 Å². The van der Waals surface area contributed by atoms with Gasteiger partial charge in [-0.2, -0.15) is 20.5 Å². The molecule has 2 heterocycles. The summed E-state index contributed by atoms with van der Waals surface area (Å²) in [5.41, 5.74) is 2.13. The molecule has 1 aliphatic rings. The fraction of sp³-hybridized carbons (Fsp3) is 0.600. The number of anilines is 1. The van der Waals surface area contributed by atoms with Crippen LogP contribution in [0.1, 0.15) is 80.3 Å². The molecule has 118 valence electrons. The number of hydrogen-bond acceptors (Lipinski definition) is 4. The summed E-state index contributed by atoms with van der Waals surface area (Å²) in [4.78, 5) is 12.5. The lowest BCUT2D eigenvalue weighted by molar-refractivity contribution is 0.102. The van der Waals surface area contributed by atoms with Crippen molar-refractivity contribution in [3.8, 4) is 0 Å². The van der Waals surface area contributed by atoms with Crippen molar-refractivity contribution >= 4 is 11.7 Å². The minimum atomic E-state index is -0.229. The van der Waals surface area contributed by atoms with Crippen LogP contribution in [0.3, 0.4) is 0 Å². The highest BCUT2D eigenvalue weighted by Gasteiger charge is 2.32. The Bertz CT molecular complexity index is 680. The number of H-pyrrole nitrogens is 1. The van der Waals surface area contributed by atoms with Crippen LogP contribution < -0.4 is 5.32 Å². The van der Waals surface area contributed by atoms with Gasteiger partial charge in [-0.15, -0.1) is 0 Å². The van der Waals surface area contributed by atoms with Crippen LogP contribution in [0, 0.1) is 0 Å². The third-order valence-corrected chi connectivity index (χ3v) is 3.83. The second-order valence-corrected chi connectivity index (χ2v) is 6.43. The second kappa shape index (κ2) is 5.55. The molecule has 1 aliphatic carbocycles. The molecule has 1 amide bonds. The fourth-order valence-corrected chi connectivity index (χ4v) is 2.41. The van der Waals surface area contributed by atoms with Crippen molar-refractivity contribution in [3.05, 3.63) is 23.1 Å². The molecule has 0 spiro atoms. The fourth-order valence-electron chi connectivity index (χ4n) is 2.41. The maximum atomic E-state index is 12.5. The number of rotatable bonds is 5. The summed E-state index contributed by atoms with van der Waals surface area (Å²) in [7, 11) is 0. The Hall–Kier alpha value is -2.18. The van der Waals surface area contributed by atoms with Crippen LogP contribution in [0.15, 0.2) is 6.07 Å². The Balaban J connectivity index is 1.85. The Morgan fingerprint density at radius 1 is 1.32 bits per heavy atom. The van der Waals surface area contributed by atoms with Gasteiger partial charge in [0, 0.05) is 18.0 Å². The van der Waals surface area contributed by atoms with E-state index in [4.69, 9.17) is 0 Å². The number of aromatic amines is 1. The average molecular weight is 302 g/mol. The molecule has 0 bridgehead atoms. The van der Waals surface area contributed by atoms with Gasteiger partial charge < -0.3 is 5.32 Å². The minimum Gasteiger partial charge on any atom is -0.305 e. The molecule has 0 radical (unpaired) electrons. The number of nitrogens with zero attached hydrogens (tertiary/aromatic N) is 4. The van der Waals surface area contributed by atoms with Crippen molar-refractivity contribution in [2.75, 3.05) is 5.32 Å². The zero-order chi connectivity index (χ0) is 15.9. The van der Waals surface area contributed by atoms with E-state index in [0.717, 1.165) is 24.2 Å². The van der Waals surface area contributed by atoms with Gasteiger partial charge in [0.25, 0.3) is 5.91 Å². The lowest BCUT2D eigenvalue weighted by Gasteiger charge is -2.11. The summed E-state index contributed by atoms with van der Waals surface area (Å²) >= 11 is 0. The normalized spacial score (nSPS) is 14.8. The van der Waals surface area contributed by atoms with Crippen LogP contribution in [0.4, 0.5) is 5.82 Å². The van der Waals surface area contributed by atoms with Gasteiger partial charge in [0.2, 0.25) is 0 Å². The molecule has 3 rings (SSSR count). The van der Waals surface area contributed by atoms with Gasteiger partial charge in [0.15, 0.2) is 5.69 Å². The van der Waals surface area contributed by atoms with E-state index in [1.165, 1.54) is 0 Å². The maximum absolute atomic E-state index is 12.5. The number of carbonyl (C=O) groups is 1. The van der Waals surface area contributed by atoms with Crippen molar-refractivity contribution < 1.29 is 4.79 Å². The zero-order valence-corrected chi connectivity index (χ0v) is 13.4. The second-order valence-electron chi connectivity index (χ2n) is 6.43. The van der Waals surface area contributed by atoms with E-state index < -0.39 is 0 Å². The van der Waals surface area contributed by atoms with E-state index in [-0.39, 0.29) is 11.9 Å². The summed E-state index contributed by atoms with van der Waals surface area (Å²) in [5, 5.41) is 18.2. The molecule has 0 aromatic carbocycles. The highest BCUT2D eigenvalue weighted by molar-refractivity contribution is 6.03. The third-order valence-electron chi connectivity index (χ3n) is 3.83. The number of amides is 1. The predicted molar refractivity (Wildman–Crippen MR) is 83.0 cm³/mol. The molecule has 2 N–H and O–H groups in total. The smallest absolute Gasteiger partial charge is 0.279 e. The van der Waals surface area contributed by atoms with Gasteiger partial charge in [-0.25, -0.2) is 4.68 Å². The van der Waals surface area contributed by atoms with Crippen molar-refractivity contribution in [1.29, 1.82) is 0 Å². The SMILES string of the molecule is CC(C)c1cc(NC(=O)c2n[nH]nc2C2CC2)n(C(C)C)n1. The summed E-state index contributed by atoms with van der Waals surface area (Å²) in [5.74, 6) is 1.16. The Morgan fingerprint density at radius 2 is 2.05 bits per heavy atom. The van der Waals surface area contributed by atoms with Crippen molar-refractivity contribution in [3.63, 3.8) is 0 Å². The van der Waals surface area contributed by atoms with E-state index in [2.05, 4.69) is 39.7 Å². The lowest BCUT2D eigenvalue weighted by Crippen LogP contribution is -2.18. The maximum Gasteiger partial charge on any atom is 0.279 e. The number of hydrogen-bond donors (Lipinski definition) is 2. The van der Waals surface area contributed by atoms with E-state index in [9.17, 15) is 4.79 Å². The minimum absolute atomic E-state index is 0.169. The molecule has 1 fully saturated rings. The lowest BCUT2D eigenvalue weighted by atomic mass is 10.1. The standard InChI is InChI=1S/C15H22N6O/c1-8(2)11-7-12(21(19-11)9(3)4)16-15(22)14-13(10-5-6-10)17-20-18-14/h7-10H,5-6H2,1-4H3,(H,16,22)(H,17,18,20). The molecule has 2 aromatic heterocycles. The summed E-state index contributed by atoms with van der Waals surface area (Å²) in [6, 6.07) is 2.10. The Labute approximate surface area is 129 Å². The molecule has 0 aliphatic heterocycles. The average Bonchev–Trinajstić information content (AvgIpc) is 3.02. The van der Waals surface area contributed by atoms with Gasteiger partial charge in [0.05, 0.1) is 11.4 Å². The van der Waals surface area contributed by atoms with Crippen molar-refractivity contribution in [2.45, 2.75) is 58.4 Å². The quantitative estimate of drug-likeness (QED) is 0.889. The van der Waals surface area contributed by atoms with E-state index in [1.807, 2.05) is 24.6 Å². The van der Waals surface area contributed by atoms with Crippen LogP contribution in [0.25, 0.3) is 0 Å². The van der Waals surface area contributed by atoms with Crippen LogP contribution in [0.5, 0.6) is 0 Å². The highest BCUT2D eigenvalue weighted by Crippen LogP contribution is 2.40. The monoisotopic (exact) mass is 302 g/mol. The van der Waals surface area contributed by atoms with Crippen LogP contribution in [0.2, 0.25) is 0 Å². The number of aromatic nitrogens is 5. The van der Waals surface area contributed by atoms with Crippen LogP contribution in [-0.4, -0.2) is 31.1 Å². The first-order valence-electron chi connectivity index (χ1n) is 7.78. The van der Waals surface area contributed by atoms with Gasteiger partial charge in [-0.1, -0.05) is 13.8 Å². The number of carbonyl (C=O) groups excluding carboxylic acids is 1. The van der Waals surface area contributed by atoms with Gasteiger partial charge in [-0.05, 0) is 32.6 Å². The molecule has 0 atom stereocenters. The first kappa shape index (κ1) is 14.7. The molecule has 7 heteroatoms. The first-order chi connectivity index (χ1) is 10.5. The van der Waals surface area contributed by atoms with E-state index in [0.29, 0.717) is 23.3 Å². The third kappa shape index (κ3) is 2.75. The highest BCUT2D eigenvalue weighted by atomic mass is 16.2. The predicted octanol–water partition coefficient (Wildman–Crippen LogP) is 2.84. The van der Waals surface area contributed by atoms with Gasteiger partial charge in [-0.3, -0.25) is 4.79 Å². The molecule has 22 heavy (non-hydrogen) atoms. The van der Waals surface area contributed by atoms with Crippen molar-refractivity contribution in [2.24, 2.45) is 0 Å². The topological polar surface area (TPSA) is 88.5 Å². The largest absolute Gasteiger partial charge is 0.305 e. The van der Waals surface area contributed by atoms with Crippen molar-refractivity contribution in [1.82, 2.24) is 25.2 Å². The summed E-state index contributed by atoms with van der Waals surface area (Å²) in [6.45, 7) is 8.25. The summed E-state index contributed by atoms with van der Waals surface area (Å²) < 4.78 is 1.84. The van der Waals surface area contributed by atoms with Crippen LogP contribution >= 0.6 is 0 Å². The molecule has 2 aromatic rings. The zero-order valence-electron chi connectivity index (χ0n) is 13.4. The molecular formula is C15H22N6O. The molecule has 7 nitrogen and oxygen atoms in total. The first-order valence-corrected chi connectivity index (χ1v) is 7.78. The molecular weight excluding hydrogens is 280 g/mol. The molecule has 0 unspecified atom stereocenters. The van der Waals surface area contributed by atoms with Gasteiger partial charge in [0.1, 0.15) is 5.82 Å². The van der Waals surface area contributed by atoms with Gasteiger partial charge >= 0.3 is 0 Å². The molecule has 1 saturated carbocycles.